The van der Waals surface area contributed by atoms with Gasteiger partial charge in [0.15, 0.2) is 0 Å². The van der Waals surface area contributed by atoms with Crippen molar-refractivity contribution in [3.8, 4) is 5.75 Å². The van der Waals surface area contributed by atoms with Gasteiger partial charge >= 0.3 is 0 Å². The Labute approximate surface area is 128 Å². The predicted molar refractivity (Wildman–Crippen MR) is 85.8 cm³/mol. The van der Waals surface area contributed by atoms with Crippen LogP contribution < -0.4 is 10.1 Å². The highest BCUT2D eigenvalue weighted by molar-refractivity contribution is 5.38. The minimum absolute atomic E-state index is 0.297. The van der Waals surface area contributed by atoms with Gasteiger partial charge in [-0.2, -0.15) is 0 Å². The highest BCUT2D eigenvalue weighted by atomic mass is 16.5. The number of likely N-dealkylation sites (N-methyl/N-ethyl adjacent to an activating group) is 1. The van der Waals surface area contributed by atoms with Gasteiger partial charge in [-0.05, 0) is 19.0 Å². The maximum Gasteiger partial charge on any atom is 0.124 e. The second kappa shape index (κ2) is 7.78. The second-order valence-electron chi connectivity index (χ2n) is 6.06. The topological polar surface area (TPSA) is 33.7 Å². The molecule has 1 heterocycles. The standard InChI is InChI=1S/C17H28N2O2/c1-13(2)11-19(9-10-20-4)15-12-21-16-8-6-5-7-14(16)17(15)18-3/h5-8,13,15,17-18H,9-12H2,1-4H3. The maximum atomic E-state index is 5.99. The molecule has 0 aromatic heterocycles. The number of methoxy groups -OCH3 is 1. The number of ether oxygens (including phenoxy) is 2. The molecule has 0 radical (unpaired) electrons. The zero-order chi connectivity index (χ0) is 15.2. The lowest BCUT2D eigenvalue weighted by molar-refractivity contribution is 0.0549. The van der Waals surface area contributed by atoms with Crippen molar-refractivity contribution in [1.29, 1.82) is 0 Å². The number of rotatable bonds is 7. The van der Waals surface area contributed by atoms with Gasteiger partial charge < -0.3 is 14.8 Å². The zero-order valence-electron chi connectivity index (χ0n) is 13.6. The lowest BCUT2D eigenvalue weighted by Crippen LogP contribution is -2.51. The minimum atomic E-state index is 0.297. The normalized spacial score (nSPS) is 21.4. The third kappa shape index (κ3) is 3.96. The molecule has 2 atom stereocenters. The molecule has 2 rings (SSSR count). The van der Waals surface area contributed by atoms with Crippen LogP contribution in [0.2, 0.25) is 0 Å². The van der Waals surface area contributed by atoms with E-state index >= 15 is 0 Å². The number of nitrogens with one attached hydrogen (secondary N) is 1. The summed E-state index contributed by atoms with van der Waals surface area (Å²) >= 11 is 0. The third-order valence-corrected chi connectivity index (χ3v) is 4.01. The molecule has 2 unspecified atom stereocenters. The molecule has 1 aliphatic heterocycles. The first-order valence-electron chi connectivity index (χ1n) is 7.79. The van der Waals surface area contributed by atoms with Crippen molar-refractivity contribution in [2.24, 2.45) is 5.92 Å². The Kier molecular flexibility index (Phi) is 6.03. The number of hydrogen-bond donors (Lipinski definition) is 1. The monoisotopic (exact) mass is 292 g/mol. The van der Waals surface area contributed by atoms with E-state index in [1.54, 1.807) is 7.11 Å². The van der Waals surface area contributed by atoms with E-state index in [1.165, 1.54) is 5.56 Å². The van der Waals surface area contributed by atoms with Crippen LogP contribution in [0.4, 0.5) is 0 Å². The Bertz CT molecular complexity index is 437. The highest BCUT2D eigenvalue weighted by Crippen LogP contribution is 2.34. The summed E-state index contributed by atoms with van der Waals surface area (Å²) in [5, 5.41) is 3.48. The second-order valence-corrected chi connectivity index (χ2v) is 6.06. The van der Waals surface area contributed by atoms with Crippen LogP contribution in [0.15, 0.2) is 24.3 Å². The van der Waals surface area contributed by atoms with E-state index in [9.17, 15) is 0 Å². The lowest BCUT2D eigenvalue weighted by Gasteiger charge is -2.41. The maximum absolute atomic E-state index is 5.99. The molecule has 0 saturated heterocycles. The summed E-state index contributed by atoms with van der Waals surface area (Å²) in [6.07, 6.45) is 0. The van der Waals surface area contributed by atoms with Gasteiger partial charge in [-0.3, -0.25) is 4.90 Å². The summed E-state index contributed by atoms with van der Waals surface area (Å²) in [6, 6.07) is 8.96. The van der Waals surface area contributed by atoms with Gasteiger partial charge in [0.1, 0.15) is 12.4 Å². The quantitative estimate of drug-likeness (QED) is 0.836. The summed E-state index contributed by atoms with van der Waals surface area (Å²) in [4.78, 5) is 2.49. The van der Waals surface area contributed by atoms with Crippen LogP contribution in [-0.2, 0) is 4.74 Å². The molecule has 1 aromatic rings. The van der Waals surface area contributed by atoms with E-state index in [2.05, 4.69) is 42.3 Å². The van der Waals surface area contributed by atoms with Crippen molar-refractivity contribution < 1.29 is 9.47 Å². The summed E-state index contributed by atoms with van der Waals surface area (Å²) < 4.78 is 11.3. The summed E-state index contributed by atoms with van der Waals surface area (Å²) in [5.41, 5.74) is 1.25. The molecule has 0 amide bonds. The Morgan fingerprint density at radius 2 is 2.14 bits per heavy atom. The Morgan fingerprint density at radius 1 is 1.38 bits per heavy atom. The van der Waals surface area contributed by atoms with Crippen LogP contribution in [0, 0.1) is 5.92 Å². The first-order chi connectivity index (χ1) is 10.2. The molecular formula is C17H28N2O2. The molecule has 1 aliphatic rings. The van der Waals surface area contributed by atoms with Crippen molar-refractivity contribution in [3.05, 3.63) is 29.8 Å². The fourth-order valence-electron chi connectivity index (χ4n) is 3.08. The Balaban J connectivity index is 2.19. The number of nitrogens with zero attached hydrogens (tertiary/aromatic N) is 1. The van der Waals surface area contributed by atoms with Crippen molar-refractivity contribution in [3.63, 3.8) is 0 Å². The van der Waals surface area contributed by atoms with Gasteiger partial charge in [0.25, 0.3) is 0 Å². The molecule has 118 valence electrons. The number of para-hydroxylation sites is 1. The van der Waals surface area contributed by atoms with Gasteiger partial charge in [-0.15, -0.1) is 0 Å². The number of hydrogen-bond acceptors (Lipinski definition) is 4. The van der Waals surface area contributed by atoms with Gasteiger partial charge in [0.2, 0.25) is 0 Å². The van der Waals surface area contributed by atoms with Crippen LogP contribution in [0.1, 0.15) is 25.5 Å². The van der Waals surface area contributed by atoms with E-state index in [4.69, 9.17) is 9.47 Å². The zero-order valence-corrected chi connectivity index (χ0v) is 13.6. The van der Waals surface area contributed by atoms with Crippen molar-refractivity contribution in [2.75, 3.05) is 40.5 Å². The average molecular weight is 292 g/mol. The van der Waals surface area contributed by atoms with Crippen molar-refractivity contribution in [2.45, 2.75) is 25.9 Å². The molecular weight excluding hydrogens is 264 g/mol. The summed E-state index contributed by atoms with van der Waals surface area (Å²) in [6.45, 7) is 7.97. The smallest absolute Gasteiger partial charge is 0.124 e. The molecule has 4 nitrogen and oxygen atoms in total. The Morgan fingerprint density at radius 3 is 2.81 bits per heavy atom. The van der Waals surface area contributed by atoms with Gasteiger partial charge in [-0.25, -0.2) is 0 Å². The first-order valence-corrected chi connectivity index (χ1v) is 7.79. The van der Waals surface area contributed by atoms with E-state index in [0.29, 0.717) is 18.0 Å². The van der Waals surface area contributed by atoms with Crippen molar-refractivity contribution >= 4 is 0 Å². The van der Waals surface area contributed by atoms with E-state index in [-0.39, 0.29) is 0 Å². The minimum Gasteiger partial charge on any atom is -0.492 e. The SMILES string of the molecule is CNC1c2ccccc2OCC1N(CCOC)CC(C)C. The van der Waals surface area contributed by atoms with Crippen LogP contribution >= 0.6 is 0 Å². The fraction of sp³-hybridized carbons (Fsp3) is 0.647. The molecule has 0 saturated carbocycles. The average Bonchev–Trinajstić information content (AvgIpc) is 2.50. The third-order valence-electron chi connectivity index (χ3n) is 4.01. The molecule has 21 heavy (non-hydrogen) atoms. The lowest BCUT2D eigenvalue weighted by atomic mass is 9.94. The largest absolute Gasteiger partial charge is 0.492 e. The van der Waals surface area contributed by atoms with E-state index in [0.717, 1.165) is 32.1 Å². The van der Waals surface area contributed by atoms with Crippen LogP contribution in [0.5, 0.6) is 5.75 Å². The van der Waals surface area contributed by atoms with Crippen LogP contribution in [0.3, 0.4) is 0 Å². The van der Waals surface area contributed by atoms with E-state index in [1.807, 2.05) is 13.1 Å². The summed E-state index contributed by atoms with van der Waals surface area (Å²) in [7, 11) is 3.79. The molecule has 0 bridgehead atoms. The number of fused-ring (bicyclic) bond motifs is 1. The summed E-state index contributed by atoms with van der Waals surface area (Å²) in [5.74, 6) is 1.63. The van der Waals surface area contributed by atoms with Gasteiger partial charge in [0.05, 0.1) is 18.7 Å². The van der Waals surface area contributed by atoms with Gasteiger partial charge in [0, 0.05) is 25.8 Å². The molecule has 0 aliphatic carbocycles. The first kappa shape index (κ1) is 16.3. The fourth-order valence-corrected chi connectivity index (χ4v) is 3.08. The Hall–Kier alpha value is -1.10. The molecule has 1 aromatic carbocycles. The molecule has 1 N–H and O–H groups in total. The highest BCUT2D eigenvalue weighted by Gasteiger charge is 2.33. The molecule has 4 heteroatoms. The van der Waals surface area contributed by atoms with Crippen LogP contribution in [0.25, 0.3) is 0 Å². The van der Waals surface area contributed by atoms with E-state index < -0.39 is 0 Å². The van der Waals surface area contributed by atoms with Gasteiger partial charge in [-0.1, -0.05) is 32.0 Å². The van der Waals surface area contributed by atoms with Crippen LogP contribution in [-0.4, -0.2) is 51.4 Å². The predicted octanol–water partition coefficient (Wildman–Crippen LogP) is 2.31. The molecule has 0 spiro atoms. The van der Waals surface area contributed by atoms with Crippen molar-refractivity contribution in [1.82, 2.24) is 10.2 Å². The number of benzene rings is 1. The molecule has 0 fully saturated rings.